The van der Waals surface area contributed by atoms with Gasteiger partial charge in [-0.2, -0.15) is 5.10 Å². The molecule has 0 aliphatic rings. The van der Waals surface area contributed by atoms with Crippen molar-refractivity contribution in [3.05, 3.63) is 222 Å². The van der Waals surface area contributed by atoms with Gasteiger partial charge in [-0.05, 0) is 103 Å². The number of hydrogen-bond acceptors (Lipinski definition) is 5. The Labute approximate surface area is 408 Å². The van der Waals surface area contributed by atoms with E-state index in [0.29, 0.717) is 23.7 Å². The Morgan fingerprint density at radius 3 is 1.59 bits per heavy atom. The summed E-state index contributed by atoms with van der Waals surface area (Å²) < 4.78 is 47.4. The number of aromatic nitrogens is 5. The first-order chi connectivity index (χ1) is 33.1. The number of aryl methyl sites for hydroxylation is 2. The van der Waals surface area contributed by atoms with Crippen molar-refractivity contribution in [3.8, 4) is 34.1 Å². The maximum absolute atomic E-state index is 14.8. The second-order valence-electron chi connectivity index (χ2n) is 16.1. The van der Waals surface area contributed by atoms with Gasteiger partial charge < -0.3 is 28.7 Å². The monoisotopic (exact) mass is 1090 g/mol. The fraction of sp³-hybridized carbons (Fsp3) is 0.0714. The first-order valence-electron chi connectivity index (χ1n) is 21.6. The van der Waals surface area contributed by atoms with Gasteiger partial charge in [-0.3, -0.25) is 18.3 Å². The van der Waals surface area contributed by atoms with E-state index in [1.807, 2.05) is 24.3 Å². The molecule has 69 heavy (non-hydrogen) atoms. The van der Waals surface area contributed by atoms with Crippen LogP contribution in [-0.4, -0.2) is 35.0 Å². The molecule has 1 radical (unpaired) electrons. The summed E-state index contributed by atoms with van der Waals surface area (Å²) >= 11 is 0. The molecule has 0 amide bonds. The fourth-order valence-electron chi connectivity index (χ4n) is 8.51. The number of carboxylic acids is 1. The van der Waals surface area contributed by atoms with Crippen LogP contribution in [0.25, 0.3) is 71.1 Å². The van der Waals surface area contributed by atoms with E-state index in [-0.39, 0.29) is 43.7 Å². The minimum atomic E-state index is -0.988. The number of hydrogen-bond donors (Lipinski definition) is 1. The van der Waals surface area contributed by atoms with Gasteiger partial charge >= 0.3 is 5.97 Å². The number of carbonyl (C=O) groups is 1. The largest absolute Gasteiger partial charge is 0.489 e. The third-order valence-electron chi connectivity index (χ3n) is 11.8. The van der Waals surface area contributed by atoms with E-state index in [1.54, 1.807) is 26.1 Å². The van der Waals surface area contributed by atoms with Gasteiger partial charge in [-0.1, -0.05) is 78.9 Å². The minimum absolute atomic E-state index is 0. The van der Waals surface area contributed by atoms with Crippen LogP contribution in [0.3, 0.4) is 0 Å². The van der Waals surface area contributed by atoms with Crippen molar-refractivity contribution in [1.29, 1.82) is 0 Å². The van der Waals surface area contributed by atoms with Crippen molar-refractivity contribution in [1.82, 2.24) is 23.9 Å². The quantitative estimate of drug-likeness (QED) is 0.137. The van der Waals surface area contributed by atoms with Crippen LogP contribution < -0.4 is 9.47 Å². The summed E-state index contributed by atoms with van der Waals surface area (Å²) in [5.74, 6) is -1.64. The van der Waals surface area contributed by atoms with Gasteiger partial charge in [0.25, 0.3) is 0 Å². The molecule has 11 rings (SSSR count). The zero-order valence-corrected chi connectivity index (χ0v) is 39.4. The zero-order valence-electron chi connectivity index (χ0n) is 37.0. The summed E-state index contributed by atoms with van der Waals surface area (Å²) in [7, 11) is 1.71. The predicted octanol–water partition coefficient (Wildman–Crippen LogP) is 13.2. The molecule has 0 atom stereocenters. The number of pyridine rings is 1. The summed E-state index contributed by atoms with van der Waals surface area (Å²) in [6.07, 6.45) is 1.52. The third kappa shape index (κ3) is 8.94. The minimum Gasteiger partial charge on any atom is -0.489 e. The van der Waals surface area contributed by atoms with E-state index in [4.69, 9.17) is 21.2 Å². The average molecular weight is 1090 g/mol. The predicted molar refractivity (Wildman–Crippen MR) is 260 cm³/mol. The van der Waals surface area contributed by atoms with Gasteiger partial charge in [0.2, 0.25) is 0 Å². The molecule has 0 unspecified atom stereocenters. The van der Waals surface area contributed by atoms with Gasteiger partial charge in [0.05, 0.1) is 28.6 Å². The summed E-state index contributed by atoms with van der Waals surface area (Å²) in [5.41, 5.74) is 8.72. The van der Waals surface area contributed by atoms with E-state index in [9.17, 15) is 13.6 Å². The van der Waals surface area contributed by atoms with Gasteiger partial charge in [-0.25, -0.2) is 4.79 Å². The number of benzene rings is 7. The number of halogens is 2. The molecular formula is C56H39F2IrN6O4-. The van der Waals surface area contributed by atoms with Crippen molar-refractivity contribution >= 4 is 55.3 Å². The van der Waals surface area contributed by atoms with Gasteiger partial charge in [0, 0.05) is 83.6 Å². The summed E-state index contributed by atoms with van der Waals surface area (Å²) in [5, 5.41) is 17.0. The van der Waals surface area contributed by atoms with E-state index in [0.717, 1.165) is 50.8 Å². The molecule has 0 bridgehead atoms. The van der Waals surface area contributed by atoms with Crippen LogP contribution in [0, 0.1) is 31.2 Å². The Morgan fingerprint density at radius 2 is 1.16 bits per heavy atom. The normalized spacial score (nSPS) is 11.0. The molecule has 0 saturated carbocycles. The summed E-state index contributed by atoms with van der Waals surface area (Å²) in [4.78, 5) is 17.5. The smallest absolute Gasteiger partial charge is 0.356 e. The van der Waals surface area contributed by atoms with E-state index >= 15 is 0 Å². The van der Waals surface area contributed by atoms with Crippen LogP contribution in [0.5, 0.6) is 11.5 Å². The maximum Gasteiger partial charge on any atom is 0.356 e. The van der Waals surface area contributed by atoms with Crippen LogP contribution in [0.4, 0.5) is 14.5 Å². The van der Waals surface area contributed by atoms with E-state index in [2.05, 4.69) is 145 Å². The Kier molecular flexibility index (Phi) is 12.9. The molecular weight excluding hydrogens is 1050 g/mol. The number of rotatable bonds is 10. The zero-order chi connectivity index (χ0) is 46.9. The van der Waals surface area contributed by atoms with Gasteiger partial charge in [0.1, 0.15) is 24.7 Å². The van der Waals surface area contributed by atoms with Crippen LogP contribution in [0.1, 0.15) is 27.3 Å². The molecule has 0 aliphatic carbocycles. The second kappa shape index (κ2) is 19.4. The number of carboxylic acid groups (broad SMARTS) is 1. The maximum atomic E-state index is 14.8. The van der Waals surface area contributed by atoms with E-state index < -0.39 is 23.3 Å². The molecule has 7 aromatic carbocycles. The number of ether oxygens (including phenoxy) is 2. The van der Waals surface area contributed by atoms with Crippen LogP contribution in [0.2, 0.25) is 0 Å². The Balaban J connectivity index is 0.000000482. The molecule has 13 heteroatoms. The summed E-state index contributed by atoms with van der Waals surface area (Å²) in [6.45, 7) is 9.42. The fourth-order valence-corrected chi connectivity index (χ4v) is 8.51. The number of aromatic carboxylic acids is 1. The number of nitrogens with zero attached hydrogens (tertiary/aromatic N) is 6. The summed E-state index contributed by atoms with van der Waals surface area (Å²) in [6, 6.07) is 56.6. The molecule has 1 N–H and O–H groups in total. The Bertz CT molecular complexity index is 3500. The molecule has 0 spiro atoms. The van der Waals surface area contributed by atoms with Crippen LogP contribution >= 0.6 is 0 Å². The van der Waals surface area contributed by atoms with Crippen molar-refractivity contribution in [3.63, 3.8) is 0 Å². The Hall–Kier alpha value is -8.43. The van der Waals surface area contributed by atoms with Gasteiger partial charge in [0.15, 0.2) is 11.4 Å². The first-order valence-corrected chi connectivity index (χ1v) is 21.6. The molecule has 4 aromatic heterocycles. The standard InChI is InChI=1S/C50H31F2N4O2.C6H8N2O2.Ir/c1-53-50-43(51)23-22-42(49(50)52)44-28-32(24-25-54-44)30-57-36-18-20-37(21-19-36)58-31-33-26-34(55-45-14-6-2-10-38(45)39-11-3-7-15-46(39)55)29-35(27-33)56-47-16-8-4-12-40(47)41-13-5-9-17-48(41)56;1-4-3-5(6(9)10)7-8(4)2;/h2-21,23-29H,30-31H2;3H,1-2H3,(H,9,10);/q-1;;. The Morgan fingerprint density at radius 1 is 0.681 bits per heavy atom. The molecule has 0 saturated heterocycles. The number of fused-ring (bicyclic) bond motifs is 6. The second-order valence-corrected chi connectivity index (χ2v) is 16.1. The van der Waals surface area contributed by atoms with Crippen molar-refractivity contribution < 1.29 is 48.3 Å². The molecule has 341 valence electrons. The third-order valence-corrected chi connectivity index (χ3v) is 11.8. The van der Waals surface area contributed by atoms with E-state index in [1.165, 1.54) is 38.5 Å². The topological polar surface area (TPSA) is 101 Å². The van der Waals surface area contributed by atoms with Crippen molar-refractivity contribution in [2.24, 2.45) is 7.05 Å². The van der Waals surface area contributed by atoms with Crippen LogP contribution in [0.15, 0.2) is 170 Å². The molecule has 0 aliphatic heterocycles. The van der Waals surface area contributed by atoms with Crippen LogP contribution in [-0.2, 0) is 40.4 Å². The van der Waals surface area contributed by atoms with Crippen molar-refractivity contribution in [2.75, 3.05) is 0 Å². The molecule has 0 fully saturated rings. The molecule has 4 heterocycles. The molecule has 10 nitrogen and oxygen atoms in total. The first kappa shape index (κ1) is 45.7. The average Bonchev–Trinajstić information content (AvgIpc) is 4.02. The van der Waals surface area contributed by atoms with Gasteiger partial charge in [-0.15, -0.1) is 17.7 Å². The molecule has 11 aromatic rings. The SMILES string of the molecule is Cc1cc(C(=O)O)nn1C.[C-]#[N+]c1c(F)c[c-]c(-c2cc(COc3ccc(OCc4cc(-n5c6ccccc6c6ccccc65)cc(-n5c6ccccc6c6ccccc65)c4)cc3)ccn2)c1F.[Ir]. The van der Waals surface area contributed by atoms with Crippen molar-refractivity contribution in [2.45, 2.75) is 20.1 Å². The number of para-hydroxylation sites is 4.